The molecule has 0 spiro atoms. The molecule has 2 N–H and O–H groups in total. The van der Waals surface area contributed by atoms with Gasteiger partial charge in [0.2, 0.25) is 0 Å². The Labute approximate surface area is 97.9 Å². The number of nitrogens with zero attached hydrogens (tertiary/aromatic N) is 4. The van der Waals surface area contributed by atoms with E-state index in [-0.39, 0.29) is 0 Å². The van der Waals surface area contributed by atoms with Gasteiger partial charge in [0.25, 0.3) is 0 Å². The van der Waals surface area contributed by atoms with Crippen LogP contribution in [0.4, 0.5) is 5.82 Å². The fourth-order valence-electron chi connectivity index (χ4n) is 1.79. The second-order valence-corrected chi connectivity index (χ2v) is 3.80. The van der Waals surface area contributed by atoms with Crippen molar-refractivity contribution in [1.29, 1.82) is 0 Å². The number of rotatable bonds is 1. The van der Waals surface area contributed by atoms with Crippen molar-refractivity contribution in [3.05, 3.63) is 42.2 Å². The van der Waals surface area contributed by atoms with Crippen molar-refractivity contribution in [3.8, 4) is 11.4 Å². The van der Waals surface area contributed by atoms with E-state index in [1.165, 1.54) is 0 Å². The Morgan fingerprint density at radius 1 is 1.12 bits per heavy atom. The zero-order valence-electron chi connectivity index (χ0n) is 9.33. The highest BCUT2D eigenvalue weighted by molar-refractivity contribution is 5.62. The van der Waals surface area contributed by atoms with Crippen LogP contribution in [0.15, 0.2) is 36.4 Å². The zero-order valence-corrected chi connectivity index (χ0v) is 9.33. The van der Waals surface area contributed by atoms with Gasteiger partial charge in [0.15, 0.2) is 11.5 Å². The number of hydrogen-bond acceptors (Lipinski definition) is 4. The molecule has 5 heteroatoms. The fraction of sp³-hybridized carbons (Fsp3) is 0.0833. The molecule has 0 atom stereocenters. The molecule has 0 amide bonds. The van der Waals surface area contributed by atoms with Crippen molar-refractivity contribution in [2.75, 3.05) is 5.73 Å². The highest BCUT2D eigenvalue weighted by Crippen LogP contribution is 2.19. The van der Waals surface area contributed by atoms with Crippen LogP contribution < -0.4 is 5.73 Å². The molecule has 0 saturated carbocycles. The summed E-state index contributed by atoms with van der Waals surface area (Å²) in [5.74, 6) is 1.86. The molecule has 3 rings (SSSR count). The Morgan fingerprint density at radius 2 is 1.88 bits per heavy atom. The number of nitrogen functional groups attached to an aromatic ring is 1. The van der Waals surface area contributed by atoms with E-state index in [0.717, 1.165) is 5.56 Å². The molecule has 84 valence electrons. The van der Waals surface area contributed by atoms with Gasteiger partial charge < -0.3 is 5.73 Å². The maximum absolute atomic E-state index is 5.78. The average Bonchev–Trinajstić information content (AvgIpc) is 2.69. The van der Waals surface area contributed by atoms with Crippen LogP contribution >= 0.6 is 0 Å². The standard InChI is InChI=1S/C12H11N5/c1-8-14-11-7-10(13)15-12(17(11)16-8)9-5-3-2-4-6-9/h2-7H,13H2,1H3. The predicted octanol–water partition coefficient (Wildman–Crippen LogP) is 1.68. The topological polar surface area (TPSA) is 69.1 Å². The van der Waals surface area contributed by atoms with Crippen molar-refractivity contribution >= 4 is 11.5 Å². The molecule has 2 aromatic heterocycles. The lowest BCUT2D eigenvalue weighted by Crippen LogP contribution is -2.01. The number of anilines is 1. The molecule has 0 aliphatic carbocycles. The molecule has 2 heterocycles. The first kappa shape index (κ1) is 9.77. The lowest BCUT2D eigenvalue weighted by molar-refractivity contribution is 0.912. The number of fused-ring (bicyclic) bond motifs is 1. The van der Waals surface area contributed by atoms with Crippen LogP contribution in [0.5, 0.6) is 0 Å². The molecule has 0 aliphatic rings. The summed E-state index contributed by atoms with van der Waals surface area (Å²) in [5.41, 5.74) is 7.46. The van der Waals surface area contributed by atoms with Crippen LogP contribution in [0.3, 0.4) is 0 Å². The van der Waals surface area contributed by atoms with Crippen molar-refractivity contribution < 1.29 is 0 Å². The number of benzene rings is 1. The van der Waals surface area contributed by atoms with Crippen molar-refractivity contribution in [2.45, 2.75) is 6.92 Å². The average molecular weight is 225 g/mol. The number of nitrogens with two attached hydrogens (primary N) is 1. The molecular formula is C12H11N5. The minimum atomic E-state index is 0.448. The first-order valence-corrected chi connectivity index (χ1v) is 5.29. The third-order valence-electron chi connectivity index (χ3n) is 2.48. The molecule has 0 bridgehead atoms. The minimum absolute atomic E-state index is 0.448. The number of aromatic nitrogens is 4. The fourth-order valence-corrected chi connectivity index (χ4v) is 1.79. The van der Waals surface area contributed by atoms with Gasteiger partial charge in [-0.25, -0.2) is 9.97 Å². The summed E-state index contributed by atoms with van der Waals surface area (Å²) in [4.78, 5) is 8.62. The van der Waals surface area contributed by atoms with Crippen molar-refractivity contribution in [1.82, 2.24) is 19.6 Å². The molecule has 0 unspecified atom stereocenters. The Morgan fingerprint density at radius 3 is 2.65 bits per heavy atom. The summed E-state index contributed by atoms with van der Waals surface area (Å²) in [6.45, 7) is 1.85. The van der Waals surface area contributed by atoms with E-state index in [1.807, 2.05) is 37.3 Å². The molecular weight excluding hydrogens is 214 g/mol. The summed E-state index contributed by atoms with van der Waals surface area (Å²) < 4.78 is 1.71. The molecule has 5 nitrogen and oxygen atoms in total. The quantitative estimate of drug-likeness (QED) is 0.684. The van der Waals surface area contributed by atoms with Crippen molar-refractivity contribution in [3.63, 3.8) is 0 Å². The lowest BCUT2D eigenvalue weighted by atomic mass is 10.2. The van der Waals surface area contributed by atoms with Crippen LogP contribution in [0.2, 0.25) is 0 Å². The number of hydrogen-bond donors (Lipinski definition) is 1. The summed E-state index contributed by atoms with van der Waals surface area (Å²) in [5, 5.41) is 4.32. The second kappa shape index (κ2) is 3.55. The van der Waals surface area contributed by atoms with Crippen LogP contribution in [0.1, 0.15) is 5.82 Å². The Balaban J connectivity index is 2.35. The summed E-state index contributed by atoms with van der Waals surface area (Å²) >= 11 is 0. The number of aryl methyl sites for hydroxylation is 1. The van der Waals surface area contributed by atoms with Gasteiger partial charge in [-0.3, -0.25) is 0 Å². The molecule has 0 fully saturated rings. The smallest absolute Gasteiger partial charge is 0.165 e. The summed E-state index contributed by atoms with van der Waals surface area (Å²) in [7, 11) is 0. The summed E-state index contributed by atoms with van der Waals surface area (Å²) in [6.07, 6.45) is 0. The predicted molar refractivity (Wildman–Crippen MR) is 65.4 cm³/mol. The Hall–Kier alpha value is -2.43. The first-order chi connectivity index (χ1) is 8.24. The SMILES string of the molecule is Cc1nc2cc(N)nc(-c3ccccc3)n2n1. The maximum atomic E-state index is 5.78. The first-order valence-electron chi connectivity index (χ1n) is 5.29. The Bertz CT molecular complexity index is 672. The van der Waals surface area contributed by atoms with Gasteiger partial charge in [-0.05, 0) is 6.92 Å². The van der Waals surface area contributed by atoms with E-state index in [0.29, 0.717) is 23.1 Å². The van der Waals surface area contributed by atoms with E-state index < -0.39 is 0 Å². The normalized spacial score (nSPS) is 10.9. The minimum Gasteiger partial charge on any atom is -0.384 e. The third-order valence-corrected chi connectivity index (χ3v) is 2.48. The van der Waals surface area contributed by atoms with Crippen LogP contribution in [-0.2, 0) is 0 Å². The molecule has 0 radical (unpaired) electrons. The van der Waals surface area contributed by atoms with E-state index in [9.17, 15) is 0 Å². The van der Waals surface area contributed by atoms with Gasteiger partial charge in [-0.15, -0.1) is 5.10 Å². The summed E-state index contributed by atoms with van der Waals surface area (Å²) in [6, 6.07) is 11.5. The van der Waals surface area contributed by atoms with E-state index in [2.05, 4.69) is 15.1 Å². The van der Waals surface area contributed by atoms with E-state index in [1.54, 1.807) is 10.6 Å². The largest absolute Gasteiger partial charge is 0.384 e. The highest BCUT2D eigenvalue weighted by Gasteiger charge is 2.09. The van der Waals surface area contributed by atoms with Gasteiger partial charge in [0.05, 0.1) is 0 Å². The molecule has 0 aliphatic heterocycles. The second-order valence-electron chi connectivity index (χ2n) is 3.80. The van der Waals surface area contributed by atoms with Crippen LogP contribution in [-0.4, -0.2) is 19.6 Å². The molecule has 3 aromatic rings. The molecule has 1 aromatic carbocycles. The van der Waals surface area contributed by atoms with Gasteiger partial charge >= 0.3 is 0 Å². The van der Waals surface area contributed by atoms with E-state index >= 15 is 0 Å². The van der Waals surface area contributed by atoms with Gasteiger partial charge in [0, 0.05) is 11.6 Å². The van der Waals surface area contributed by atoms with Crippen molar-refractivity contribution in [2.24, 2.45) is 0 Å². The highest BCUT2D eigenvalue weighted by atomic mass is 15.3. The lowest BCUT2D eigenvalue weighted by Gasteiger charge is -2.04. The van der Waals surface area contributed by atoms with Gasteiger partial charge in [-0.2, -0.15) is 4.52 Å². The Kier molecular flexibility index (Phi) is 2.04. The van der Waals surface area contributed by atoms with Gasteiger partial charge in [-0.1, -0.05) is 30.3 Å². The van der Waals surface area contributed by atoms with Crippen LogP contribution in [0.25, 0.3) is 17.0 Å². The third kappa shape index (κ3) is 1.61. The van der Waals surface area contributed by atoms with Crippen LogP contribution in [0, 0.1) is 6.92 Å². The van der Waals surface area contributed by atoms with Gasteiger partial charge in [0.1, 0.15) is 11.6 Å². The molecule has 0 saturated heterocycles. The van der Waals surface area contributed by atoms with E-state index in [4.69, 9.17) is 5.73 Å². The zero-order chi connectivity index (χ0) is 11.8. The monoisotopic (exact) mass is 225 g/mol. The maximum Gasteiger partial charge on any atom is 0.165 e. The molecule has 17 heavy (non-hydrogen) atoms.